The van der Waals surface area contributed by atoms with Gasteiger partial charge in [0.05, 0.1) is 18.7 Å². The Bertz CT molecular complexity index is 1030. The molecule has 1 aromatic heterocycles. The number of piperazine rings is 1. The van der Waals surface area contributed by atoms with Crippen LogP contribution in [0.3, 0.4) is 0 Å². The van der Waals surface area contributed by atoms with Crippen LogP contribution in [0, 0.1) is 0 Å². The van der Waals surface area contributed by atoms with E-state index in [9.17, 15) is 9.59 Å². The molecule has 176 valence electrons. The van der Waals surface area contributed by atoms with E-state index < -0.39 is 11.9 Å². The van der Waals surface area contributed by atoms with Gasteiger partial charge in [0.2, 0.25) is 0 Å². The number of carbonyl (C=O) groups is 2. The molecule has 1 aliphatic heterocycles. The molecule has 2 aromatic carbocycles. The van der Waals surface area contributed by atoms with Gasteiger partial charge in [0, 0.05) is 38.9 Å². The molecule has 0 atom stereocenters. The molecule has 0 aliphatic carbocycles. The Morgan fingerprint density at radius 1 is 0.853 bits per heavy atom. The van der Waals surface area contributed by atoms with Crippen LogP contribution in [-0.4, -0.2) is 73.2 Å². The smallest absolute Gasteiger partial charge is 0.356 e. The van der Waals surface area contributed by atoms with Gasteiger partial charge in [0.1, 0.15) is 12.3 Å². The van der Waals surface area contributed by atoms with Crippen LogP contribution in [0.1, 0.15) is 38.0 Å². The largest absolute Gasteiger partial charge is 0.464 e. The lowest BCUT2D eigenvalue weighted by Gasteiger charge is -2.39. The molecule has 7 heteroatoms. The van der Waals surface area contributed by atoms with E-state index in [1.165, 1.54) is 36.6 Å². The van der Waals surface area contributed by atoms with E-state index in [0.717, 1.165) is 26.2 Å². The average Bonchev–Trinajstić information content (AvgIpc) is 2.90. The first kappa shape index (κ1) is 23.6. The first-order valence-electron chi connectivity index (χ1n) is 11.4. The second kappa shape index (κ2) is 11.5. The Balaban J connectivity index is 1.28. The number of pyridine rings is 1. The van der Waals surface area contributed by atoms with Gasteiger partial charge < -0.3 is 9.47 Å². The lowest BCUT2D eigenvalue weighted by molar-refractivity contribution is 0.0406. The van der Waals surface area contributed by atoms with Crippen molar-refractivity contribution >= 4 is 11.9 Å². The van der Waals surface area contributed by atoms with Crippen LogP contribution >= 0.6 is 0 Å². The number of esters is 2. The Kier molecular flexibility index (Phi) is 8.01. The number of hydrogen-bond acceptors (Lipinski definition) is 7. The van der Waals surface area contributed by atoms with E-state index >= 15 is 0 Å². The Morgan fingerprint density at radius 3 is 2.00 bits per heavy atom. The monoisotopic (exact) mass is 459 g/mol. The van der Waals surface area contributed by atoms with Crippen molar-refractivity contribution in [1.82, 2.24) is 14.8 Å². The molecule has 2 heterocycles. The molecule has 4 rings (SSSR count). The molecule has 1 fully saturated rings. The van der Waals surface area contributed by atoms with Crippen molar-refractivity contribution in [2.75, 3.05) is 46.4 Å². The van der Waals surface area contributed by atoms with Crippen molar-refractivity contribution < 1.29 is 19.1 Å². The normalized spacial score (nSPS) is 14.6. The summed E-state index contributed by atoms with van der Waals surface area (Å²) in [6.45, 7) is 4.65. The summed E-state index contributed by atoms with van der Waals surface area (Å²) >= 11 is 0. The topological polar surface area (TPSA) is 72.0 Å². The SMILES string of the molecule is COC(=O)c1ccc(C(=O)OCCN2CCN(C(c3ccccc3)c3ccccc3)CC2)cn1. The number of benzene rings is 2. The Labute approximate surface area is 199 Å². The molecule has 0 N–H and O–H groups in total. The molecule has 0 unspecified atom stereocenters. The van der Waals surface area contributed by atoms with Gasteiger partial charge in [0.15, 0.2) is 0 Å². The Morgan fingerprint density at radius 2 is 1.47 bits per heavy atom. The van der Waals surface area contributed by atoms with E-state index in [0.29, 0.717) is 18.7 Å². The van der Waals surface area contributed by atoms with Gasteiger partial charge in [-0.2, -0.15) is 0 Å². The van der Waals surface area contributed by atoms with Crippen molar-refractivity contribution in [2.24, 2.45) is 0 Å². The van der Waals surface area contributed by atoms with Crippen LogP contribution in [0.5, 0.6) is 0 Å². The van der Waals surface area contributed by atoms with Crippen LogP contribution in [0.15, 0.2) is 79.0 Å². The fraction of sp³-hybridized carbons (Fsp3) is 0.296. The number of rotatable bonds is 8. The number of methoxy groups -OCH3 is 1. The third-order valence-electron chi connectivity index (χ3n) is 6.04. The lowest BCUT2D eigenvalue weighted by atomic mass is 9.96. The lowest BCUT2D eigenvalue weighted by Crippen LogP contribution is -2.48. The molecule has 3 aromatic rings. The maximum absolute atomic E-state index is 12.3. The van der Waals surface area contributed by atoms with E-state index in [1.807, 2.05) is 12.1 Å². The second-order valence-electron chi connectivity index (χ2n) is 8.16. The molecule has 0 bridgehead atoms. The van der Waals surface area contributed by atoms with Crippen molar-refractivity contribution in [3.05, 3.63) is 101 Å². The van der Waals surface area contributed by atoms with Gasteiger partial charge in [-0.25, -0.2) is 14.6 Å². The maximum atomic E-state index is 12.3. The van der Waals surface area contributed by atoms with Crippen molar-refractivity contribution in [1.29, 1.82) is 0 Å². The molecule has 1 saturated heterocycles. The summed E-state index contributed by atoms with van der Waals surface area (Å²) in [5, 5.41) is 0. The molecule has 34 heavy (non-hydrogen) atoms. The number of hydrogen-bond donors (Lipinski definition) is 0. The Hall–Kier alpha value is -3.55. The average molecular weight is 460 g/mol. The summed E-state index contributed by atoms with van der Waals surface area (Å²) in [4.78, 5) is 32.5. The van der Waals surface area contributed by atoms with Crippen LogP contribution in [0.25, 0.3) is 0 Å². The highest BCUT2D eigenvalue weighted by Crippen LogP contribution is 2.29. The summed E-state index contributed by atoms with van der Waals surface area (Å²) < 4.78 is 10.0. The highest BCUT2D eigenvalue weighted by molar-refractivity contribution is 5.91. The maximum Gasteiger partial charge on any atom is 0.356 e. The highest BCUT2D eigenvalue weighted by Gasteiger charge is 2.26. The van der Waals surface area contributed by atoms with Gasteiger partial charge in [-0.1, -0.05) is 60.7 Å². The number of carbonyl (C=O) groups excluding carboxylic acids is 2. The zero-order valence-corrected chi connectivity index (χ0v) is 19.3. The third-order valence-corrected chi connectivity index (χ3v) is 6.04. The first-order chi connectivity index (χ1) is 16.7. The summed E-state index contributed by atoms with van der Waals surface area (Å²) in [5.74, 6) is -0.989. The van der Waals surface area contributed by atoms with Crippen LogP contribution in [0.2, 0.25) is 0 Å². The minimum absolute atomic E-state index is 0.154. The van der Waals surface area contributed by atoms with Gasteiger partial charge in [-0.15, -0.1) is 0 Å². The molecular weight excluding hydrogens is 430 g/mol. The number of nitrogens with zero attached hydrogens (tertiary/aromatic N) is 3. The highest BCUT2D eigenvalue weighted by atomic mass is 16.5. The van der Waals surface area contributed by atoms with E-state index in [4.69, 9.17) is 4.74 Å². The quantitative estimate of drug-likeness (QED) is 0.478. The molecule has 0 amide bonds. The predicted molar refractivity (Wildman–Crippen MR) is 129 cm³/mol. The molecule has 0 saturated carbocycles. The van der Waals surface area contributed by atoms with Gasteiger partial charge in [-0.05, 0) is 23.3 Å². The van der Waals surface area contributed by atoms with E-state index in [2.05, 4.69) is 68.1 Å². The summed E-state index contributed by atoms with van der Waals surface area (Å²) in [7, 11) is 1.29. The predicted octanol–water partition coefficient (Wildman–Crippen LogP) is 3.43. The van der Waals surface area contributed by atoms with Gasteiger partial charge in [-0.3, -0.25) is 9.80 Å². The van der Waals surface area contributed by atoms with E-state index in [1.54, 1.807) is 0 Å². The van der Waals surface area contributed by atoms with E-state index in [-0.39, 0.29) is 11.7 Å². The molecular formula is C27H29N3O4. The van der Waals surface area contributed by atoms with Crippen molar-refractivity contribution in [3.63, 3.8) is 0 Å². The van der Waals surface area contributed by atoms with Crippen molar-refractivity contribution in [3.8, 4) is 0 Å². The number of aromatic nitrogens is 1. The summed E-state index contributed by atoms with van der Waals surface area (Å²) in [6, 6.07) is 24.4. The van der Waals surface area contributed by atoms with Gasteiger partial charge in [0.25, 0.3) is 0 Å². The van der Waals surface area contributed by atoms with Crippen LogP contribution in [-0.2, 0) is 9.47 Å². The van der Waals surface area contributed by atoms with Crippen LogP contribution in [0.4, 0.5) is 0 Å². The zero-order valence-electron chi connectivity index (χ0n) is 19.3. The third kappa shape index (κ3) is 5.87. The van der Waals surface area contributed by atoms with Crippen LogP contribution < -0.4 is 0 Å². The van der Waals surface area contributed by atoms with Gasteiger partial charge >= 0.3 is 11.9 Å². The summed E-state index contributed by atoms with van der Waals surface area (Å²) in [5.41, 5.74) is 3.05. The molecule has 7 nitrogen and oxygen atoms in total. The number of ether oxygens (including phenoxy) is 2. The summed E-state index contributed by atoms with van der Waals surface area (Å²) in [6.07, 6.45) is 1.33. The standard InChI is InChI=1S/C27H29N3O4/c1-33-27(32)24-13-12-23(20-28-24)26(31)34-19-18-29-14-16-30(17-15-29)25(21-8-4-2-5-9-21)22-10-6-3-7-11-22/h2-13,20,25H,14-19H2,1H3. The molecule has 1 aliphatic rings. The van der Waals surface area contributed by atoms with Crippen molar-refractivity contribution in [2.45, 2.75) is 6.04 Å². The minimum Gasteiger partial charge on any atom is -0.464 e. The zero-order chi connectivity index (χ0) is 23.8. The fourth-order valence-corrected chi connectivity index (χ4v) is 4.22. The minimum atomic E-state index is -0.541. The first-order valence-corrected chi connectivity index (χ1v) is 11.4. The molecule has 0 radical (unpaired) electrons. The second-order valence-corrected chi connectivity index (χ2v) is 8.16. The fourth-order valence-electron chi connectivity index (χ4n) is 4.22. The molecule has 0 spiro atoms.